The summed E-state index contributed by atoms with van der Waals surface area (Å²) < 4.78 is 10.7. The molecule has 0 atom stereocenters. The molecule has 0 aliphatic carbocycles. The predicted molar refractivity (Wildman–Crippen MR) is 85.4 cm³/mol. The van der Waals surface area contributed by atoms with Crippen LogP contribution in [0.1, 0.15) is 11.1 Å². The van der Waals surface area contributed by atoms with Crippen LogP contribution in [0.3, 0.4) is 0 Å². The quantitative estimate of drug-likeness (QED) is 0.933. The summed E-state index contributed by atoms with van der Waals surface area (Å²) in [7, 11) is 4.10. The standard InChI is InChI=1S/C17H20N2O2/c1-12-8-14(19(2)3)5-6-15(12)18-10-13-4-7-16-17(9-13)21-11-20-16/h4-9,18H,10-11H2,1-3H3. The second-order valence-electron chi connectivity index (χ2n) is 5.43. The van der Waals surface area contributed by atoms with Gasteiger partial charge in [0.05, 0.1) is 0 Å². The molecule has 2 aromatic carbocycles. The predicted octanol–water partition coefficient (Wildman–Crippen LogP) is 3.40. The fourth-order valence-electron chi connectivity index (χ4n) is 2.37. The molecule has 0 saturated heterocycles. The fraction of sp³-hybridized carbons (Fsp3) is 0.294. The summed E-state index contributed by atoms with van der Waals surface area (Å²) in [6.45, 7) is 3.20. The van der Waals surface area contributed by atoms with Gasteiger partial charge in [0.15, 0.2) is 11.5 Å². The second-order valence-corrected chi connectivity index (χ2v) is 5.43. The van der Waals surface area contributed by atoms with Crippen LogP contribution in [-0.2, 0) is 6.54 Å². The molecule has 0 fully saturated rings. The summed E-state index contributed by atoms with van der Waals surface area (Å²) in [6, 6.07) is 12.5. The number of hydrogen-bond acceptors (Lipinski definition) is 4. The zero-order chi connectivity index (χ0) is 14.8. The highest BCUT2D eigenvalue weighted by Gasteiger charge is 2.13. The van der Waals surface area contributed by atoms with Gasteiger partial charge in [0.25, 0.3) is 0 Å². The van der Waals surface area contributed by atoms with E-state index in [1.807, 2.05) is 12.1 Å². The van der Waals surface area contributed by atoms with Gasteiger partial charge in [0, 0.05) is 32.0 Å². The van der Waals surface area contributed by atoms with Crippen molar-refractivity contribution < 1.29 is 9.47 Å². The van der Waals surface area contributed by atoms with Crippen LogP contribution in [0.4, 0.5) is 11.4 Å². The van der Waals surface area contributed by atoms with Crippen molar-refractivity contribution in [3.8, 4) is 11.5 Å². The SMILES string of the molecule is Cc1cc(N(C)C)ccc1NCc1ccc2c(c1)OCO2. The minimum atomic E-state index is 0.317. The molecule has 0 unspecified atom stereocenters. The average Bonchev–Trinajstić information content (AvgIpc) is 2.93. The van der Waals surface area contributed by atoms with Gasteiger partial charge in [-0.3, -0.25) is 0 Å². The highest BCUT2D eigenvalue weighted by atomic mass is 16.7. The number of aryl methyl sites for hydroxylation is 1. The van der Waals surface area contributed by atoms with Gasteiger partial charge >= 0.3 is 0 Å². The van der Waals surface area contributed by atoms with Crippen molar-refractivity contribution in [2.75, 3.05) is 31.1 Å². The van der Waals surface area contributed by atoms with E-state index >= 15 is 0 Å². The number of ether oxygens (including phenoxy) is 2. The Labute approximate surface area is 125 Å². The summed E-state index contributed by atoms with van der Waals surface area (Å²) in [5.41, 5.74) is 4.77. The lowest BCUT2D eigenvalue weighted by molar-refractivity contribution is 0.174. The molecule has 0 radical (unpaired) electrons. The number of benzene rings is 2. The van der Waals surface area contributed by atoms with Crippen LogP contribution in [0.15, 0.2) is 36.4 Å². The number of rotatable bonds is 4. The van der Waals surface area contributed by atoms with Crippen LogP contribution in [-0.4, -0.2) is 20.9 Å². The van der Waals surface area contributed by atoms with Crippen molar-refractivity contribution >= 4 is 11.4 Å². The molecule has 0 saturated carbocycles. The first-order valence-corrected chi connectivity index (χ1v) is 7.04. The zero-order valence-corrected chi connectivity index (χ0v) is 12.6. The van der Waals surface area contributed by atoms with E-state index in [1.54, 1.807) is 0 Å². The second kappa shape index (κ2) is 5.56. The Balaban J connectivity index is 1.70. The molecular formula is C17H20N2O2. The van der Waals surface area contributed by atoms with Gasteiger partial charge in [0.2, 0.25) is 6.79 Å². The summed E-state index contributed by atoms with van der Waals surface area (Å²) in [6.07, 6.45) is 0. The maximum Gasteiger partial charge on any atom is 0.231 e. The van der Waals surface area contributed by atoms with Gasteiger partial charge in [-0.2, -0.15) is 0 Å². The van der Waals surface area contributed by atoms with E-state index in [9.17, 15) is 0 Å². The molecule has 0 spiro atoms. The topological polar surface area (TPSA) is 33.7 Å². The Hall–Kier alpha value is -2.36. The number of fused-ring (bicyclic) bond motifs is 1. The Kier molecular flexibility index (Phi) is 3.60. The Morgan fingerprint density at radius 1 is 1.05 bits per heavy atom. The largest absolute Gasteiger partial charge is 0.454 e. The molecule has 0 amide bonds. The van der Waals surface area contributed by atoms with Gasteiger partial charge in [-0.1, -0.05) is 6.07 Å². The van der Waals surface area contributed by atoms with Crippen LogP contribution >= 0.6 is 0 Å². The Morgan fingerprint density at radius 2 is 1.86 bits per heavy atom. The molecule has 1 aliphatic rings. The van der Waals surface area contributed by atoms with E-state index in [2.05, 4.69) is 55.5 Å². The molecule has 4 heteroatoms. The molecule has 0 aromatic heterocycles. The van der Waals surface area contributed by atoms with E-state index in [-0.39, 0.29) is 0 Å². The highest BCUT2D eigenvalue weighted by Crippen LogP contribution is 2.32. The lowest BCUT2D eigenvalue weighted by Crippen LogP contribution is -2.09. The molecule has 2 aromatic rings. The molecular weight excluding hydrogens is 264 g/mol. The minimum absolute atomic E-state index is 0.317. The number of nitrogens with zero attached hydrogens (tertiary/aromatic N) is 1. The molecule has 1 heterocycles. The van der Waals surface area contributed by atoms with Crippen molar-refractivity contribution in [3.05, 3.63) is 47.5 Å². The van der Waals surface area contributed by atoms with Crippen LogP contribution in [0.25, 0.3) is 0 Å². The maximum atomic E-state index is 5.40. The third-order valence-electron chi connectivity index (χ3n) is 3.65. The van der Waals surface area contributed by atoms with Gasteiger partial charge in [-0.15, -0.1) is 0 Å². The Bertz CT molecular complexity index is 653. The van der Waals surface area contributed by atoms with Gasteiger partial charge in [0.1, 0.15) is 0 Å². The Morgan fingerprint density at radius 3 is 2.62 bits per heavy atom. The van der Waals surface area contributed by atoms with E-state index in [1.165, 1.54) is 16.8 Å². The lowest BCUT2D eigenvalue weighted by Gasteiger charge is -2.16. The number of anilines is 2. The van der Waals surface area contributed by atoms with Gasteiger partial charge in [-0.05, 0) is 48.4 Å². The van der Waals surface area contributed by atoms with Crippen LogP contribution in [0.2, 0.25) is 0 Å². The van der Waals surface area contributed by atoms with Crippen molar-refractivity contribution in [1.82, 2.24) is 0 Å². The molecule has 1 N–H and O–H groups in total. The average molecular weight is 284 g/mol. The lowest BCUT2D eigenvalue weighted by atomic mass is 10.1. The molecule has 3 rings (SSSR count). The van der Waals surface area contributed by atoms with Gasteiger partial charge in [-0.25, -0.2) is 0 Å². The summed E-state index contributed by atoms with van der Waals surface area (Å²) in [5.74, 6) is 1.65. The minimum Gasteiger partial charge on any atom is -0.454 e. The normalized spacial score (nSPS) is 12.3. The first kappa shape index (κ1) is 13.6. The number of hydrogen-bond donors (Lipinski definition) is 1. The smallest absolute Gasteiger partial charge is 0.231 e. The van der Waals surface area contributed by atoms with Gasteiger partial charge < -0.3 is 19.7 Å². The first-order chi connectivity index (χ1) is 10.1. The van der Waals surface area contributed by atoms with E-state index < -0.39 is 0 Å². The van der Waals surface area contributed by atoms with E-state index in [0.717, 1.165) is 23.7 Å². The van der Waals surface area contributed by atoms with Crippen molar-refractivity contribution in [1.29, 1.82) is 0 Å². The summed E-state index contributed by atoms with van der Waals surface area (Å²) in [4.78, 5) is 2.11. The zero-order valence-electron chi connectivity index (χ0n) is 12.6. The highest BCUT2D eigenvalue weighted by molar-refractivity contribution is 5.60. The first-order valence-electron chi connectivity index (χ1n) is 7.04. The molecule has 21 heavy (non-hydrogen) atoms. The van der Waals surface area contributed by atoms with Crippen LogP contribution in [0.5, 0.6) is 11.5 Å². The van der Waals surface area contributed by atoms with Crippen LogP contribution in [0, 0.1) is 6.92 Å². The molecule has 4 nitrogen and oxygen atoms in total. The fourth-order valence-corrected chi connectivity index (χ4v) is 2.37. The van der Waals surface area contributed by atoms with Crippen molar-refractivity contribution in [3.63, 3.8) is 0 Å². The third kappa shape index (κ3) is 2.89. The summed E-state index contributed by atoms with van der Waals surface area (Å²) in [5, 5.41) is 3.47. The van der Waals surface area contributed by atoms with Crippen LogP contribution < -0.4 is 19.7 Å². The van der Waals surface area contributed by atoms with Crippen molar-refractivity contribution in [2.45, 2.75) is 13.5 Å². The molecule has 1 aliphatic heterocycles. The summed E-state index contributed by atoms with van der Waals surface area (Å²) >= 11 is 0. The monoisotopic (exact) mass is 284 g/mol. The molecule has 0 bridgehead atoms. The number of nitrogens with one attached hydrogen (secondary N) is 1. The molecule has 110 valence electrons. The van der Waals surface area contributed by atoms with Crippen molar-refractivity contribution in [2.24, 2.45) is 0 Å². The van der Waals surface area contributed by atoms with E-state index in [4.69, 9.17) is 9.47 Å². The van der Waals surface area contributed by atoms with E-state index in [0.29, 0.717) is 6.79 Å². The third-order valence-corrected chi connectivity index (χ3v) is 3.65. The maximum absolute atomic E-state index is 5.40.